The first-order chi connectivity index (χ1) is 5.92. The van der Waals surface area contributed by atoms with E-state index < -0.39 is 0 Å². The Morgan fingerprint density at radius 3 is 2.00 bits per heavy atom. The van der Waals surface area contributed by atoms with Gasteiger partial charge >= 0.3 is 0 Å². The van der Waals surface area contributed by atoms with Crippen LogP contribution in [0.3, 0.4) is 0 Å². The van der Waals surface area contributed by atoms with Gasteiger partial charge in [-0.3, -0.25) is 0 Å². The van der Waals surface area contributed by atoms with Gasteiger partial charge in [-0.15, -0.1) is 0 Å². The molecule has 3 fully saturated rings. The van der Waals surface area contributed by atoms with E-state index in [1.54, 1.807) is 0 Å². The van der Waals surface area contributed by atoms with E-state index in [9.17, 15) is 0 Å². The molecular weight excluding hydrogens is 152 g/mol. The molecule has 1 saturated heterocycles. The summed E-state index contributed by atoms with van der Waals surface area (Å²) >= 11 is 0. The van der Waals surface area contributed by atoms with Gasteiger partial charge in [-0.1, -0.05) is 6.42 Å². The van der Waals surface area contributed by atoms with Crippen LogP contribution < -0.4 is 0 Å². The van der Waals surface area contributed by atoms with E-state index in [4.69, 9.17) is 9.47 Å². The molecule has 2 bridgehead atoms. The zero-order chi connectivity index (χ0) is 8.02. The quantitative estimate of drug-likeness (QED) is 0.550. The van der Waals surface area contributed by atoms with Crippen LogP contribution in [0.4, 0.5) is 0 Å². The average Bonchev–Trinajstić information content (AvgIpc) is 2.59. The van der Waals surface area contributed by atoms with Crippen molar-refractivity contribution in [2.45, 2.75) is 37.9 Å². The molecule has 68 valence electrons. The molecule has 0 radical (unpaired) electrons. The molecule has 2 aliphatic carbocycles. The van der Waals surface area contributed by atoms with Crippen LogP contribution in [0.15, 0.2) is 0 Å². The summed E-state index contributed by atoms with van der Waals surface area (Å²) in [5.41, 5.74) is 0. The van der Waals surface area contributed by atoms with Crippen molar-refractivity contribution in [2.75, 3.05) is 13.2 Å². The zero-order valence-corrected chi connectivity index (χ0v) is 7.42. The number of hydrogen-bond acceptors (Lipinski definition) is 2. The summed E-state index contributed by atoms with van der Waals surface area (Å²) in [6.07, 6.45) is 6.73. The fourth-order valence-corrected chi connectivity index (χ4v) is 3.36. The maximum atomic E-state index is 5.85. The highest BCUT2D eigenvalue weighted by Crippen LogP contribution is 2.53. The van der Waals surface area contributed by atoms with Crippen molar-refractivity contribution < 1.29 is 9.47 Å². The minimum absolute atomic E-state index is 0.0990. The molecule has 2 nitrogen and oxygen atoms in total. The SMILES string of the molecule is C1C[C@@H]2CC[C@H](C1)C21OCCO1. The Kier molecular flexibility index (Phi) is 1.50. The second-order valence-electron chi connectivity index (χ2n) is 4.32. The fraction of sp³-hybridized carbons (Fsp3) is 1.00. The number of rotatable bonds is 0. The molecule has 2 saturated carbocycles. The summed E-state index contributed by atoms with van der Waals surface area (Å²) in [4.78, 5) is 0. The van der Waals surface area contributed by atoms with Crippen LogP contribution in [-0.4, -0.2) is 19.0 Å². The maximum absolute atomic E-state index is 5.85. The van der Waals surface area contributed by atoms with Crippen molar-refractivity contribution in [1.82, 2.24) is 0 Å². The third-order valence-corrected chi connectivity index (χ3v) is 3.85. The predicted octanol–water partition coefficient (Wildman–Crippen LogP) is 1.94. The molecular formula is C10H16O2. The summed E-state index contributed by atoms with van der Waals surface area (Å²) in [6.45, 7) is 1.65. The lowest BCUT2D eigenvalue weighted by molar-refractivity contribution is -0.222. The molecule has 3 rings (SSSR count). The Morgan fingerprint density at radius 1 is 0.833 bits per heavy atom. The maximum Gasteiger partial charge on any atom is 0.174 e. The van der Waals surface area contributed by atoms with Crippen molar-refractivity contribution in [2.24, 2.45) is 11.8 Å². The van der Waals surface area contributed by atoms with Gasteiger partial charge in [-0.25, -0.2) is 0 Å². The molecule has 0 N–H and O–H groups in total. The van der Waals surface area contributed by atoms with Gasteiger partial charge in [0.25, 0.3) is 0 Å². The van der Waals surface area contributed by atoms with Gasteiger partial charge in [0.1, 0.15) is 0 Å². The summed E-state index contributed by atoms with van der Waals surface area (Å²) in [7, 11) is 0. The fourth-order valence-electron chi connectivity index (χ4n) is 3.36. The lowest BCUT2D eigenvalue weighted by atomic mass is 9.83. The van der Waals surface area contributed by atoms with Crippen molar-refractivity contribution in [3.8, 4) is 0 Å². The molecule has 2 heteroatoms. The normalized spacial score (nSPS) is 44.0. The van der Waals surface area contributed by atoms with E-state index in [1.165, 1.54) is 32.1 Å². The van der Waals surface area contributed by atoms with E-state index in [0.717, 1.165) is 25.0 Å². The van der Waals surface area contributed by atoms with Crippen molar-refractivity contribution in [3.63, 3.8) is 0 Å². The molecule has 0 unspecified atom stereocenters. The molecule has 0 aromatic carbocycles. The number of ether oxygens (including phenoxy) is 2. The lowest BCUT2D eigenvalue weighted by Crippen LogP contribution is -2.43. The van der Waals surface area contributed by atoms with E-state index in [0.29, 0.717) is 0 Å². The Labute approximate surface area is 73.2 Å². The van der Waals surface area contributed by atoms with Crippen molar-refractivity contribution in [3.05, 3.63) is 0 Å². The first-order valence-electron chi connectivity index (χ1n) is 5.20. The minimum atomic E-state index is -0.0990. The third-order valence-electron chi connectivity index (χ3n) is 3.85. The summed E-state index contributed by atoms with van der Waals surface area (Å²) in [5, 5.41) is 0. The van der Waals surface area contributed by atoms with Gasteiger partial charge in [-0.05, 0) is 25.7 Å². The average molecular weight is 168 g/mol. The van der Waals surface area contributed by atoms with Crippen molar-refractivity contribution in [1.29, 1.82) is 0 Å². The van der Waals surface area contributed by atoms with Crippen LogP contribution in [-0.2, 0) is 9.47 Å². The van der Waals surface area contributed by atoms with Crippen LogP contribution in [0, 0.1) is 11.8 Å². The standard InChI is InChI=1S/C10H16O2/c1-2-8-4-5-9(3-1)10(8)11-6-7-12-10/h8-9H,1-7H2/t8-,9+. The molecule has 0 aromatic heterocycles. The van der Waals surface area contributed by atoms with Gasteiger partial charge in [0.15, 0.2) is 5.79 Å². The predicted molar refractivity (Wildman–Crippen MR) is 44.7 cm³/mol. The zero-order valence-electron chi connectivity index (χ0n) is 7.42. The van der Waals surface area contributed by atoms with E-state index in [-0.39, 0.29) is 5.79 Å². The summed E-state index contributed by atoms with van der Waals surface area (Å²) < 4.78 is 11.7. The van der Waals surface area contributed by atoms with Crippen LogP contribution in [0.1, 0.15) is 32.1 Å². The summed E-state index contributed by atoms with van der Waals surface area (Å²) in [6, 6.07) is 0. The van der Waals surface area contributed by atoms with E-state index in [2.05, 4.69) is 0 Å². The summed E-state index contributed by atoms with van der Waals surface area (Å²) in [5.74, 6) is 1.34. The van der Waals surface area contributed by atoms with Gasteiger partial charge in [0, 0.05) is 11.8 Å². The van der Waals surface area contributed by atoms with Crippen LogP contribution in [0.25, 0.3) is 0 Å². The van der Waals surface area contributed by atoms with E-state index >= 15 is 0 Å². The third kappa shape index (κ3) is 0.775. The second kappa shape index (κ2) is 2.46. The smallest absolute Gasteiger partial charge is 0.174 e. The highest BCUT2D eigenvalue weighted by atomic mass is 16.7. The molecule has 0 aromatic rings. The first kappa shape index (κ1) is 7.34. The Bertz CT molecular complexity index is 166. The molecule has 1 heterocycles. The second-order valence-corrected chi connectivity index (χ2v) is 4.32. The lowest BCUT2D eigenvalue weighted by Gasteiger charge is -2.38. The molecule has 12 heavy (non-hydrogen) atoms. The highest BCUT2D eigenvalue weighted by Gasteiger charge is 2.55. The number of hydrogen-bond donors (Lipinski definition) is 0. The van der Waals surface area contributed by atoms with Crippen molar-refractivity contribution >= 4 is 0 Å². The highest BCUT2D eigenvalue weighted by molar-refractivity contribution is 4.98. The molecule has 3 aliphatic rings. The Balaban J connectivity index is 1.92. The van der Waals surface area contributed by atoms with Gasteiger partial charge in [-0.2, -0.15) is 0 Å². The largest absolute Gasteiger partial charge is 0.347 e. The Hall–Kier alpha value is -0.0800. The molecule has 1 spiro atoms. The molecule has 2 atom stereocenters. The Morgan fingerprint density at radius 2 is 1.42 bits per heavy atom. The van der Waals surface area contributed by atoms with Gasteiger partial charge in [0.05, 0.1) is 13.2 Å². The van der Waals surface area contributed by atoms with Crippen LogP contribution in [0.5, 0.6) is 0 Å². The first-order valence-corrected chi connectivity index (χ1v) is 5.20. The molecule has 0 amide bonds. The van der Waals surface area contributed by atoms with Gasteiger partial charge in [0.2, 0.25) is 0 Å². The van der Waals surface area contributed by atoms with E-state index in [1.807, 2.05) is 0 Å². The monoisotopic (exact) mass is 168 g/mol. The van der Waals surface area contributed by atoms with Crippen LogP contribution in [0.2, 0.25) is 0 Å². The molecule has 1 aliphatic heterocycles. The minimum Gasteiger partial charge on any atom is -0.347 e. The van der Waals surface area contributed by atoms with Gasteiger partial charge < -0.3 is 9.47 Å². The van der Waals surface area contributed by atoms with Crippen LogP contribution >= 0.6 is 0 Å². The topological polar surface area (TPSA) is 18.5 Å².